The number of carboxylic acid groups (broad SMARTS) is 1. The van der Waals surface area contributed by atoms with E-state index in [0.29, 0.717) is 5.56 Å². The molecule has 10 heteroatoms. The minimum Gasteiger partial charge on any atom is -0.486 e. The quantitative estimate of drug-likeness (QED) is 0.562. The van der Waals surface area contributed by atoms with Crippen molar-refractivity contribution in [3.8, 4) is 5.75 Å². The van der Waals surface area contributed by atoms with Crippen molar-refractivity contribution >= 4 is 27.6 Å². The number of halogens is 1. The van der Waals surface area contributed by atoms with Crippen molar-refractivity contribution < 1.29 is 37.0 Å². The topological polar surface area (TPSA) is 110 Å². The Morgan fingerprint density at radius 2 is 1.91 bits per heavy atom. The molecule has 1 aliphatic rings. The summed E-state index contributed by atoms with van der Waals surface area (Å²) in [4.78, 5) is 23.5. The number of sulfonamides is 1. The number of fused-ring (bicyclic) bond motifs is 1. The predicted octanol–water partition coefficient (Wildman–Crippen LogP) is 4.09. The van der Waals surface area contributed by atoms with Gasteiger partial charge in [-0.2, -0.15) is 0 Å². The average Bonchev–Trinajstić information content (AvgIpc) is 2.72. The third-order valence-electron chi connectivity index (χ3n) is 5.53. The van der Waals surface area contributed by atoms with Gasteiger partial charge in [0.15, 0.2) is 0 Å². The van der Waals surface area contributed by atoms with Crippen LogP contribution >= 0.6 is 0 Å². The van der Waals surface area contributed by atoms with Crippen LogP contribution in [0.15, 0.2) is 41.3 Å². The molecule has 0 unspecified atom stereocenters. The Balaban J connectivity index is 2.04. The number of anilines is 1. The molecule has 0 fully saturated rings. The van der Waals surface area contributed by atoms with Crippen molar-refractivity contribution in [2.45, 2.75) is 64.1 Å². The smallest absolute Gasteiger partial charge is 0.310 e. The van der Waals surface area contributed by atoms with Crippen LogP contribution in [0, 0.1) is 18.7 Å². The fraction of sp³-hybridized carbons (Fsp3) is 0.440. The van der Waals surface area contributed by atoms with Gasteiger partial charge in [-0.15, -0.1) is 0 Å². The number of carbonyl (C=O) groups is 2. The van der Waals surface area contributed by atoms with Gasteiger partial charge < -0.3 is 14.6 Å². The average molecular weight is 508 g/mol. The fourth-order valence-electron chi connectivity index (χ4n) is 3.81. The zero-order valence-electron chi connectivity index (χ0n) is 20.4. The summed E-state index contributed by atoms with van der Waals surface area (Å²) in [5.74, 6) is -2.27. The molecule has 1 N–H and O–H groups in total. The van der Waals surface area contributed by atoms with E-state index in [1.165, 1.54) is 19.1 Å². The first-order valence-electron chi connectivity index (χ1n) is 11.2. The van der Waals surface area contributed by atoms with Gasteiger partial charge in [0.05, 0.1) is 30.0 Å². The van der Waals surface area contributed by atoms with E-state index in [4.69, 9.17) is 9.47 Å². The first-order chi connectivity index (χ1) is 16.2. The highest BCUT2D eigenvalue weighted by atomic mass is 32.2. The molecule has 190 valence electrons. The van der Waals surface area contributed by atoms with Crippen LogP contribution in [-0.4, -0.2) is 43.7 Å². The van der Waals surface area contributed by atoms with Crippen LogP contribution in [0.3, 0.4) is 0 Å². The maximum absolute atomic E-state index is 13.8. The van der Waals surface area contributed by atoms with E-state index in [-0.39, 0.29) is 41.3 Å². The first kappa shape index (κ1) is 26.5. The molecule has 2 atom stereocenters. The minimum atomic E-state index is -4.16. The summed E-state index contributed by atoms with van der Waals surface area (Å²) >= 11 is 0. The van der Waals surface area contributed by atoms with Crippen molar-refractivity contribution in [1.82, 2.24) is 0 Å². The van der Waals surface area contributed by atoms with Crippen molar-refractivity contribution in [2.75, 3.05) is 10.8 Å². The molecule has 0 saturated heterocycles. The Morgan fingerprint density at radius 3 is 2.51 bits per heavy atom. The molecular formula is C25H30FNO7S. The standard InChI is InChI=1S/C25H30FNO7S/c1-15-10-18(7-8-19(15)26)35(31,32)27-14-22(16(2)11-23(28)29)33-21-9-6-17(12-20(21)27)13-24(30)34-25(3,4)5/h6-10,12,16,22H,11,13-14H2,1-5H3,(H,28,29)/t16-,22+/m0/s1. The third kappa shape index (κ3) is 6.30. The molecule has 3 rings (SSSR count). The number of carboxylic acids is 1. The van der Waals surface area contributed by atoms with Crippen LogP contribution in [0.2, 0.25) is 0 Å². The third-order valence-corrected chi connectivity index (χ3v) is 7.31. The second-order valence-electron chi connectivity index (χ2n) is 9.74. The van der Waals surface area contributed by atoms with E-state index in [0.717, 1.165) is 10.4 Å². The van der Waals surface area contributed by atoms with E-state index < -0.39 is 45.4 Å². The molecule has 1 heterocycles. The summed E-state index contributed by atoms with van der Waals surface area (Å²) in [5.41, 5.74) is 0.243. The molecule has 2 aromatic rings. The number of hydrogen-bond donors (Lipinski definition) is 1. The van der Waals surface area contributed by atoms with E-state index in [2.05, 4.69) is 0 Å². The van der Waals surface area contributed by atoms with E-state index in [1.54, 1.807) is 45.9 Å². The summed E-state index contributed by atoms with van der Waals surface area (Å²) in [6, 6.07) is 8.28. The Kier molecular flexibility index (Phi) is 7.45. The van der Waals surface area contributed by atoms with Gasteiger partial charge in [0.25, 0.3) is 10.0 Å². The lowest BCUT2D eigenvalue weighted by atomic mass is 9.99. The molecule has 0 aromatic heterocycles. The van der Waals surface area contributed by atoms with Crippen molar-refractivity contribution in [3.63, 3.8) is 0 Å². The number of nitrogens with zero attached hydrogens (tertiary/aromatic N) is 1. The van der Waals surface area contributed by atoms with E-state index >= 15 is 0 Å². The highest BCUT2D eigenvalue weighted by molar-refractivity contribution is 7.92. The summed E-state index contributed by atoms with van der Waals surface area (Å²) in [6.45, 7) is 8.26. The zero-order valence-corrected chi connectivity index (χ0v) is 21.2. The predicted molar refractivity (Wildman–Crippen MR) is 127 cm³/mol. The molecule has 0 saturated carbocycles. The maximum atomic E-state index is 13.8. The van der Waals surface area contributed by atoms with Crippen LogP contribution < -0.4 is 9.04 Å². The number of benzene rings is 2. The highest BCUT2D eigenvalue weighted by Crippen LogP contribution is 2.39. The van der Waals surface area contributed by atoms with Crippen LogP contribution in [0.4, 0.5) is 10.1 Å². The van der Waals surface area contributed by atoms with Crippen molar-refractivity contribution in [1.29, 1.82) is 0 Å². The zero-order chi connectivity index (χ0) is 26.1. The molecule has 0 aliphatic carbocycles. The van der Waals surface area contributed by atoms with Crippen molar-refractivity contribution in [3.05, 3.63) is 53.3 Å². The second kappa shape index (κ2) is 9.85. The largest absolute Gasteiger partial charge is 0.486 e. The monoisotopic (exact) mass is 507 g/mol. The number of aryl methyl sites for hydroxylation is 1. The van der Waals surface area contributed by atoms with Gasteiger partial charge in [-0.05, 0) is 69.2 Å². The highest BCUT2D eigenvalue weighted by Gasteiger charge is 2.37. The second-order valence-corrected chi connectivity index (χ2v) is 11.6. The molecule has 0 radical (unpaired) electrons. The van der Waals surface area contributed by atoms with Crippen LogP contribution in [0.1, 0.15) is 45.2 Å². The number of hydrogen-bond acceptors (Lipinski definition) is 6. The molecular weight excluding hydrogens is 477 g/mol. The lowest BCUT2D eigenvalue weighted by Gasteiger charge is -2.38. The Hall–Kier alpha value is -3.14. The van der Waals surface area contributed by atoms with Crippen molar-refractivity contribution in [2.24, 2.45) is 5.92 Å². The number of aliphatic carboxylic acids is 1. The van der Waals surface area contributed by atoms with E-state index in [9.17, 15) is 27.5 Å². The van der Waals surface area contributed by atoms with Gasteiger partial charge in [0, 0.05) is 5.92 Å². The van der Waals surface area contributed by atoms with Crippen LogP contribution in [0.5, 0.6) is 5.75 Å². The summed E-state index contributed by atoms with van der Waals surface area (Å²) in [7, 11) is -4.16. The summed E-state index contributed by atoms with van der Waals surface area (Å²) in [6.07, 6.45) is -1.01. The molecule has 35 heavy (non-hydrogen) atoms. The maximum Gasteiger partial charge on any atom is 0.310 e. The first-order valence-corrected chi connectivity index (χ1v) is 12.6. The molecule has 0 bridgehead atoms. The lowest BCUT2D eigenvalue weighted by molar-refractivity contribution is -0.154. The lowest BCUT2D eigenvalue weighted by Crippen LogP contribution is -2.46. The van der Waals surface area contributed by atoms with Crippen LogP contribution in [-0.2, 0) is 30.8 Å². The molecule has 0 amide bonds. The Labute approximate surface area is 204 Å². The normalized spacial score (nSPS) is 16.7. The number of carbonyl (C=O) groups excluding carboxylic acids is 1. The summed E-state index contributed by atoms with van der Waals surface area (Å²) < 4.78 is 53.6. The number of esters is 1. The molecule has 0 spiro atoms. The number of rotatable bonds is 7. The van der Waals surface area contributed by atoms with Gasteiger partial charge in [-0.25, -0.2) is 12.8 Å². The minimum absolute atomic E-state index is 0.0764. The van der Waals surface area contributed by atoms with Gasteiger partial charge in [0.2, 0.25) is 0 Å². The van der Waals surface area contributed by atoms with Gasteiger partial charge in [-0.3, -0.25) is 13.9 Å². The summed E-state index contributed by atoms with van der Waals surface area (Å²) in [5, 5.41) is 9.20. The van der Waals surface area contributed by atoms with Gasteiger partial charge >= 0.3 is 11.9 Å². The van der Waals surface area contributed by atoms with E-state index in [1.807, 2.05) is 0 Å². The number of ether oxygens (including phenoxy) is 2. The Morgan fingerprint density at radius 1 is 1.23 bits per heavy atom. The Bertz CT molecular complexity index is 1240. The molecule has 8 nitrogen and oxygen atoms in total. The van der Waals surface area contributed by atoms with Crippen LogP contribution in [0.25, 0.3) is 0 Å². The van der Waals surface area contributed by atoms with Gasteiger partial charge in [-0.1, -0.05) is 13.0 Å². The van der Waals surface area contributed by atoms with Gasteiger partial charge in [0.1, 0.15) is 23.3 Å². The molecule has 1 aliphatic heterocycles. The fourth-order valence-corrected chi connectivity index (χ4v) is 5.37. The SMILES string of the molecule is Cc1cc(S(=O)(=O)N2C[C@H]([C@@H](C)CC(=O)O)Oc3ccc(CC(=O)OC(C)(C)C)cc32)ccc1F. The molecule has 2 aromatic carbocycles.